The maximum absolute atomic E-state index is 13.6. The van der Waals surface area contributed by atoms with Gasteiger partial charge in [-0.3, -0.25) is 0 Å². The molecule has 0 saturated heterocycles. The molecule has 6 heteroatoms. The highest BCUT2D eigenvalue weighted by atomic mass is 19.2. The number of hydrogen-bond donors (Lipinski definition) is 1. The average molecular weight is 350 g/mol. The van der Waals surface area contributed by atoms with Crippen LogP contribution < -0.4 is 4.74 Å². The topological polar surface area (TPSA) is 29.5 Å². The van der Waals surface area contributed by atoms with Crippen LogP contribution in [-0.4, -0.2) is 12.0 Å². The number of benzene rings is 2. The van der Waals surface area contributed by atoms with Crippen LogP contribution in [0.2, 0.25) is 0 Å². The highest BCUT2D eigenvalue weighted by Gasteiger charge is 2.23. The van der Waals surface area contributed by atoms with Crippen molar-refractivity contribution in [3.8, 4) is 11.5 Å². The fourth-order valence-electron chi connectivity index (χ4n) is 1.86. The number of halogens is 4. The molecule has 0 saturated carbocycles. The maximum atomic E-state index is 13.6. The normalized spacial score (nSPS) is 8.96. The lowest BCUT2D eigenvalue weighted by atomic mass is 10.0. The SMILES string of the molecule is CC.CC.CC.Cc1cc(O)cc2c(F)c(F)c(F)c(OCF)c12. The van der Waals surface area contributed by atoms with E-state index in [9.17, 15) is 22.7 Å². The van der Waals surface area contributed by atoms with Gasteiger partial charge in [0.1, 0.15) is 5.75 Å². The quantitative estimate of drug-likeness (QED) is 0.485. The predicted molar refractivity (Wildman–Crippen MR) is 90.9 cm³/mol. The molecule has 0 aliphatic rings. The molecule has 24 heavy (non-hydrogen) atoms. The van der Waals surface area contributed by atoms with E-state index in [4.69, 9.17) is 0 Å². The summed E-state index contributed by atoms with van der Waals surface area (Å²) in [4.78, 5) is 0. The van der Waals surface area contributed by atoms with E-state index in [1.807, 2.05) is 41.5 Å². The molecule has 0 radical (unpaired) electrons. The van der Waals surface area contributed by atoms with Gasteiger partial charge in [0.05, 0.1) is 0 Å². The van der Waals surface area contributed by atoms with Crippen LogP contribution in [0, 0.1) is 24.4 Å². The average Bonchev–Trinajstić information content (AvgIpc) is 2.62. The van der Waals surface area contributed by atoms with Crippen LogP contribution in [0.25, 0.3) is 10.8 Å². The molecule has 0 spiro atoms. The van der Waals surface area contributed by atoms with E-state index in [1.165, 1.54) is 13.0 Å². The first-order valence-corrected chi connectivity index (χ1v) is 7.96. The molecule has 2 rings (SSSR count). The summed E-state index contributed by atoms with van der Waals surface area (Å²) in [5.74, 6) is -5.82. The van der Waals surface area contributed by atoms with Crippen molar-refractivity contribution >= 4 is 10.8 Å². The fraction of sp³-hybridized carbons (Fsp3) is 0.444. The van der Waals surface area contributed by atoms with Gasteiger partial charge in [-0.15, -0.1) is 0 Å². The van der Waals surface area contributed by atoms with Crippen LogP contribution in [0.15, 0.2) is 12.1 Å². The Labute approximate surface area is 141 Å². The van der Waals surface area contributed by atoms with E-state index in [0.717, 1.165) is 6.07 Å². The molecule has 0 atom stereocenters. The number of fused-ring (bicyclic) bond motifs is 1. The Morgan fingerprint density at radius 2 is 1.38 bits per heavy atom. The Balaban J connectivity index is 0. The number of rotatable bonds is 2. The Hall–Kier alpha value is -1.98. The van der Waals surface area contributed by atoms with Crippen LogP contribution in [0.5, 0.6) is 11.5 Å². The number of aromatic hydroxyl groups is 1. The molecule has 0 bridgehead atoms. The van der Waals surface area contributed by atoms with Crippen molar-refractivity contribution in [1.82, 2.24) is 0 Å². The van der Waals surface area contributed by atoms with Gasteiger partial charge in [0, 0.05) is 10.8 Å². The monoisotopic (exact) mass is 350 g/mol. The lowest BCUT2D eigenvalue weighted by Crippen LogP contribution is -2.02. The third kappa shape index (κ3) is 5.28. The molecule has 0 aliphatic heterocycles. The van der Waals surface area contributed by atoms with Gasteiger partial charge in [-0.05, 0) is 24.6 Å². The van der Waals surface area contributed by atoms with E-state index in [0.29, 0.717) is 0 Å². The summed E-state index contributed by atoms with van der Waals surface area (Å²) in [5, 5.41) is 8.84. The molecule has 1 N–H and O–H groups in total. The van der Waals surface area contributed by atoms with Crippen molar-refractivity contribution < 1.29 is 27.4 Å². The summed E-state index contributed by atoms with van der Waals surface area (Å²) < 4.78 is 56.9. The van der Waals surface area contributed by atoms with E-state index >= 15 is 0 Å². The van der Waals surface area contributed by atoms with Crippen LogP contribution in [-0.2, 0) is 0 Å². The number of hydrogen-bond acceptors (Lipinski definition) is 2. The second kappa shape index (κ2) is 12.4. The van der Waals surface area contributed by atoms with E-state index in [2.05, 4.69) is 4.74 Å². The smallest absolute Gasteiger partial charge is 0.228 e. The summed E-state index contributed by atoms with van der Waals surface area (Å²) in [7, 11) is 0. The van der Waals surface area contributed by atoms with Crippen molar-refractivity contribution in [2.45, 2.75) is 48.5 Å². The summed E-state index contributed by atoms with van der Waals surface area (Å²) in [5.41, 5.74) is 0.242. The van der Waals surface area contributed by atoms with Gasteiger partial charge in [0.2, 0.25) is 12.7 Å². The minimum absolute atomic E-state index is 0.109. The van der Waals surface area contributed by atoms with Crippen molar-refractivity contribution in [1.29, 1.82) is 0 Å². The third-order valence-corrected chi connectivity index (χ3v) is 2.57. The summed E-state index contributed by atoms with van der Waals surface area (Å²) in [6, 6.07) is 2.13. The van der Waals surface area contributed by atoms with Crippen LogP contribution in [0.1, 0.15) is 47.1 Å². The maximum Gasteiger partial charge on any atom is 0.228 e. The Morgan fingerprint density at radius 1 is 0.875 bits per heavy atom. The van der Waals surface area contributed by atoms with Crippen molar-refractivity contribution in [2.75, 3.05) is 6.86 Å². The molecule has 0 aliphatic carbocycles. The van der Waals surface area contributed by atoms with Crippen LogP contribution >= 0.6 is 0 Å². The molecule has 0 heterocycles. The van der Waals surface area contributed by atoms with E-state index in [-0.39, 0.29) is 22.1 Å². The van der Waals surface area contributed by atoms with Gasteiger partial charge in [0.25, 0.3) is 0 Å². The van der Waals surface area contributed by atoms with Gasteiger partial charge in [-0.25, -0.2) is 13.2 Å². The zero-order valence-corrected chi connectivity index (χ0v) is 15.2. The number of phenolic OH excluding ortho intramolecular Hbond substituents is 1. The second-order valence-corrected chi connectivity index (χ2v) is 3.71. The van der Waals surface area contributed by atoms with Gasteiger partial charge in [0.15, 0.2) is 17.4 Å². The van der Waals surface area contributed by atoms with Gasteiger partial charge < -0.3 is 9.84 Å². The third-order valence-electron chi connectivity index (χ3n) is 2.57. The van der Waals surface area contributed by atoms with Crippen molar-refractivity contribution in [2.24, 2.45) is 0 Å². The zero-order chi connectivity index (χ0) is 19.4. The van der Waals surface area contributed by atoms with E-state index < -0.39 is 30.1 Å². The number of alkyl halides is 1. The summed E-state index contributed by atoms with van der Waals surface area (Å²) >= 11 is 0. The first-order valence-electron chi connectivity index (χ1n) is 7.96. The first kappa shape index (κ1) is 24.3. The van der Waals surface area contributed by atoms with Crippen LogP contribution in [0.3, 0.4) is 0 Å². The molecule has 0 aromatic heterocycles. The van der Waals surface area contributed by atoms with Crippen LogP contribution in [0.4, 0.5) is 17.6 Å². The van der Waals surface area contributed by atoms with Gasteiger partial charge in [-0.1, -0.05) is 41.5 Å². The van der Waals surface area contributed by atoms with E-state index in [1.54, 1.807) is 0 Å². The highest BCUT2D eigenvalue weighted by Crippen LogP contribution is 2.37. The van der Waals surface area contributed by atoms with Crippen molar-refractivity contribution in [3.63, 3.8) is 0 Å². The van der Waals surface area contributed by atoms with Gasteiger partial charge in [-0.2, -0.15) is 4.39 Å². The van der Waals surface area contributed by atoms with Gasteiger partial charge >= 0.3 is 0 Å². The standard InChI is InChI=1S/C12H8F4O2.3C2H6/c1-5-2-6(17)3-7-8(5)12(18-4-13)11(16)10(15)9(7)14;3*1-2/h2-3,17H,4H2,1H3;3*1-2H3. The predicted octanol–water partition coefficient (Wildman–Crippen LogP) is 6.66. The first-order chi connectivity index (χ1) is 11.5. The summed E-state index contributed by atoms with van der Waals surface area (Å²) in [6.45, 7) is 12.1. The Kier molecular flexibility index (Phi) is 12.6. The summed E-state index contributed by atoms with van der Waals surface area (Å²) in [6.07, 6.45) is 0. The zero-order valence-electron chi connectivity index (χ0n) is 15.2. The molecule has 0 unspecified atom stereocenters. The Bertz CT molecular complexity index is 628. The number of ether oxygens (including phenoxy) is 1. The molecule has 2 nitrogen and oxygen atoms in total. The minimum Gasteiger partial charge on any atom is -0.508 e. The molecular formula is C18H26F4O2. The van der Waals surface area contributed by atoms with Crippen molar-refractivity contribution in [3.05, 3.63) is 35.1 Å². The lowest BCUT2D eigenvalue weighted by molar-refractivity contribution is 0.184. The lowest BCUT2D eigenvalue weighted by Gasteiger charge is -2.12. The fourth-order valence-corrected chi connectivity index (χ4v) is 1.86. The molecule has 138 valence electrons. The molecule has 2 aromatic carbocycles. The highest BCUT2D eigenvalue weighted by molar-refractivity contribution is 5.93. The number of phenols is 1. The molecule has 0 fully saturated rings. The number of aryl methyl sites for hydroxylation is 1. The largest absolute Gasteiger partial charge is 0.508 e. The molecule has 2 aromatic rings. The Morgan fingerprint density at radius 3 is 1.83 bits per heavy atom. The second-order valence-electron chi connectivity index (χ2n) is 3.71. The minimum atomic E-state index is -1.77. The molecule has 0 amide bonds. The molecular weight excluding hydrogens is 324 g/mol.